The van der Waals surface area contributed by atoms with Gasteiger partial charge in [0.1, 0.15) is 6.04 Å². The lowest BCUT2D eigenvalue weighted by Crippen LogP contribution is -2.54. The second kappa shape index (κ2) is 10.9. The van der Waals surface area contributed by atoms with Gasteiger partial charge >= 0.3 is 11.9 Å². The van der Waals surface area contributed by atoms with Gasteiger partial charge in [-0.05, 0) is 49.8 Å². The Morgan fingerprint density at radius 2 is 1.81 bits per heavy atom. The van der Waals surface area contributed by atoms with Crippen LogP contribution in [0.3, 0.4) is 0 Å². The zero-order chi connectivity index (χ0) is 23.1. The first kappa shape index (κ1) is 23.5. The zero-order valence-corrected chi connectivity index (χ0v) is 18.5. The lowest BCUT2D eigenvalue weighted by molar-refractivity contribution is -0.156. The predicted molar refractivity (Wildman–Crippen MR) is 120 cm³/mol. The van der Waals surface area contributed by atoms with Crippen molar-refractivity contribution in [1.29, 1.82) is 0 Å². The van der Waals surface area contributed by atoms with Gasteiger partial charge in [0.25, 0.3) is 0 Å². The molecule has 2 aromatic carbocycles. The van der Waals surface area contributed by atoms with Gasteiger partial charge in [0, 0.05) is 6.54 Å². The van der Waals surface area contributed by atoms with Crippen molar-refractivity contribution in [3.63, 3.8) is 0 Å². The molecule has 0 unspecified atom stereocenters. The molecule has 170 valence electrons. The number of ether oxygens (including phenoxy) is 1. The summed E-state index contributed by atoms with van der Waals surface area (Å²) in [5.41, 5.74) is 2.81. The molecule has 32 heavy (non-hydrogen) atoms. The number of fused-ring (bicyclic) bond motifs is 1. The molecule has 1 amide bonds. The van der Waals surface area contributed by atoms with E-state index in [2.05, 4.69) is 5.32 Å². The third-order valence-electron chi connectivity index (χ3n) is 5.76. The van der Waals surface area contributed by atoms with Gasteiger partial charge in [0.15, 0.2) is 6.04 Å². The summed E-state index contributed by atoms with van der Waals surface area (Å²) >= 11 is 0. The summed E-state index contributed by atoms with van der Waals surface area (Å²) < 4.78 is 5.26. The number of carbonyl (C=O) groups is 3. The highest BCUT2D eigenvalue weighted by atomic mass is 16.5. The maximum atomic E-state index is 13.3. The second-order valence-corrected chi connectivity index (χ2v) is 7.94. The van der Waals surface area contributed by atoms with Crippen molar-refractivity contribution in [3.05, 3.63) is 71.3 Å². The first-order valence-electron chi connectivity index (χ1n) is 11.0. The molecule has 1 aliphatic heterocycles. The molecule has 0 bridgehead atoms. The molecule has 0 radical (unpaired) electrons. The summed E-state index contributed by atoms with van der Waals surface area (Å²) in [4.78, 5) is 39.4. The van der Waals surface area contributed by atoms with Gasteiger partial charge in [0.2, 0.25) is 5.91 Å². The van der Waals surface area contributed by atoms with Gasteiger partial charge in [-0.25, -0.2) is 4.79 Å². The van der Waals surface area contributed by atoms with Crippen LogP contribution in [0.1, 0.15) is 43.0 Å². The predicted octanol–water partition coefficient (Wildman–Crippen LogP) is 2.74. The van der Waals surface area contributed by atoms with Crippen LogP contribution < -0.4 is 5.32 Å². The average Bonchev–Trinajstić information content (AvgIpc) is 2.80. The van der Waals surface area contributed by atoms with E-state index >= 15 is 0 Å². The number of carbonyl (C=O) groups excluding carboxylic acids is 2. The van der Waals surface area contributed by atoms with Crippen LogP contribution in [-0.4, -0.2) is 53.1 Å². The van der Waals surface area contributed by atoms with E-state index in [1.807, 2.05) is 54.6 Å². The standard InChI is InChI=1S/C25H30N2O5/c1-3-32-25(31)22-20-12-8-7-11-19(20)15-16-27(22)23(28)17(2)26-21(24(29)30)14-13-18-9-5-4-6-10-18/h4-12,17,21-22,26H,3,13-16H2,1-2H3,(H,29,30)/t17-,21-,22-/m0/s1. The number of hydrogen-bond acceptors (Lipinski definition) is 5. The maximum Gasteiger partial charge on any atom is 0.333 e. The van der Waals surface area contributed by atoms with Crippen LogP contribution >= 0.6 is 0 Å². The molecule has 2 N–H and O–H groups in total. The fourth-order valence-corrected chi connectivity index (χ4v) is 4.13. The normalized spacial score (nSPS) is 17.2. The highest BCUT2D eigenvalue weighted by molar-refractivity contribution is 5.89. The van der Waals surface area contributed by atoms with Crippen LogP contribution in [0.5, 0.6) is 0 Å². The van der Waals surface area contributed by atoms with Gasteiger partial charge < -0.3 is 14.7 Å². The number of rotatable bonds is 9. The highest BCUT2D eigenvalue weighted by Crippen LogP contribution is 2.31. The van der Waals surface area contributed by atoms with Gasteiger partial charge in [-0.2, -0.15) is 0 Å². The maximum absolute atomic E-state index is 13.3. The summed E-state index contributed by atoms with van der Waals surface area (Å²) in [6, 6.07) is 14.7. The van der Waals surface area contributed by atoms with Gasteiger partial charge in [-0.3, -0.25) is 14.9 Å². The number of amides is 1. The minimum Gasteiger partial charge on any atom is -0.480 e. The van der Waals surface area contributed by atoms with Crippen molar-refractivity contribution in [2.45, 2.75) is 51.2 Å². The molecule has 0 spiro atoms. The van der Waals surface area contributed by atoms with Gasteiger partial charge in [-0.1, -0.05) is 54.6 Å². The Labute approximate surface area is 188 Å². The fourth-order valence-electron chi connectivity index (χ4n) is 4.13. The number of aryl methyl sites for hydroxylation is 1. The van der Waals surface area contributed by atoms with E-state index < -0.39 is 30.1 Å². The Bertz CT molecular complexity index is 946. The van der Waals surface area contributed by atoms with Crippen molar-refractivity contribution in [1.82, 2.24) is 10.2 Å². The number of nitrogens with zero attached hydrogens (tertiary/aromatic N) is 1. The summed E-state index contributed by atoms with van der Waals surface area (Å²) in [5.74, 6) is -1.80. The molecule has 0 aliphatic carbocycles. The van der Waals surface area contributed by atoms with Crippen molar-refractivity contribution >= 4 is 17.8 Å². The number of esters is 1. The quantitative estimate of drug-likeness (QED) is 0.585. The van der Waals surface area contributed by atoms with E-state index in [0.29, 0.717) is 25.8 Å². The molecule has 0 aromatic heterocycles. The molecule has 0 saturated heterocycles. The molecule has 3 atom stereocenters. The number of hydrogen-bond donors (Lipinski definition) is 2. The molecule has 3 rings (SSSR count). The van der Waals surface area contributed by atoms with E-state index in [1.54, 1.807) is 13.8 Å². The molecule has 1 heterocycles. The molecule has 7 heteroatoms. The van der Waals surface area contributed by atoms with E-state index in [9.17, 15) is 19.5 Å². The Hall–Kier alpha value is -3.19. The Morgan fingerprint density at radius 1 is 1.12 bits per heavy atom. The highest BCUT2D eigenvalue weighted by Gasteiger charge is 2.39. The Kier molecular flexibility index (Phi) is 8.00. The summed E-state index contributed by atoms with van der Waals surface area (Å²) in [6.07, 6.45) is 1.55. The first-order chi connectivity index (χ1) is 15.4. The van der Waals surface area contributed by atoms with Crippen molar-refractivity contribution in [2.75, 3.05) is 13.2 Å². The Morgan fingerprint density at radius 3 is 2.50 bits per heavy atom. The Balaban J connectivity index is 1.73. The molecular formula is C25H30N2O5. The SMILES string of the molecule is CCOC(=O)[C@@H]1c2ccccc2CCN1C(=O)[C@H](C)N[C@@H](CCc1ccccc1)C(=O)O. The summed E-state index contributed by atoms with van der Waals surface area (Å²) in [6.45, 7) is 3.96. The molecular weight excluding hydrogens is 408 g/mol. The number of aliphatic carboxylic acids is 1. The number of carboxylic acids is 1. The van der Waals surface area contributed by atoms with Crippen molar-refractivity contribution in [2.24, 2.45) is 0 Å². The lowest BCUT2D eigenvalue weighted by Gasteiger charge is -2.37. The number of nitrogens with one attached hydrogen (secondary N) is 1. The molecule has 0 fully saturated rings. The van der Waals surface area contributed by atoms with E-state index in [-0.39, 0.29) is 12.5 Å². The van der Waals surface area contributed by atoms with Crippen molar-refractivity contribution < 1.29 is 24.2 Å². The monoisotopic (exact) mass is 438 g/mol. The second-order valence-electron chi connectivity index (χ2n) is 7.94. The van der Waals surface area contributed by atoms with Crippen LogP contribution in [-0.2, 0) is 32.0 Å². The van der Waals surface area contributed by atoms with E-state index in [4.69, 9.17) is 4.74 Å². The zero-order valence-electron chi connectivity index (χ0n) is 18.5. The molecule has 0 saturated carbocycles. The lowest BCUT2D eigenvalue weighted by atomic mass is 9.92. The topological polar surface area (TPSA) is 95.9 Å². The van der Waals surface area contributed by atoms with Crippen LogP contribution in [0.4, 0.5) is 0 Å². The molecule has 1 aliphatic rings. The van der Waals surface area contributed by atoms with Crippen LogP contribution in [0, 0.1) is 0 Å². The molecule has 7 nitrogen and oxygen atoms in total. The molecule has 2 aromatic rings. The summed E-state index contributed by atoms with van der Waals surface area (Å²) in [5, 5.41) is 12.6. The van der Waals surface area contributed by atoms with Gasteiger partial charge in [-0.15, -0.1) is 0 Å². The van der Waals surface area contributed by atoms with Crippen LogP contribution in [0.2, 0.25) is 0 Å². The van der Waals surface area contributed by atoms with Crippen LogP contribution in [0.15, 0.2) is 54.6 Å². The smallest absolute Gasteiger partial charge is 0.333 e. The minimum atomic E-state index is -1.01. The van der Waals surface area contributed by atoms with Crippen molar-refractivity contribution in [3.8, 4) is 0 Å². The van der Waals surface area contributed by atoms with Crippen LogP contribution in [0.25, 0.3) is 0 Å². The van der Waals surface area contributed by atoms with Gasteiger partial charge in [0.05, 0.1) is 12.6 Å². The number of benzene rings is 2. The summed E-state index contributed by atoms with van der Waals surface area (Å²) in [7, 11) is 0. The van der Waals surface area contributed by atoms with E-state index in [1.165, 1.54) is 4.90 Å². The van der Waals surface area contributed by atoms with E-state index in [0.717, 1.165) is 16.7 Å². The minimum absolute atomic E-state index is 0.216. The third kappa shape index (κ3) is 5.53. The average molecular weight is 439 g/mol. The fraction of sp³-hybridized carbons (Fsp3) is 0.400. The largest absolute Gasteiger partial charge is 0.480 e. The third-order valence-corrected chi connectivity index (χ3v) is 5.76. The first-order valence-corrected chi connectivity index (χ1v) is 11.0. The number of carboxylic acid groups (broad SMARTS) is 1.